The van der Waals surface area contributed by atoms with Crippen LogP contribution in [0.4, 0.5) is 0 Å². The Balaban J connectivity index is 2.62. The van der Waals surface area contributed by atoms with E-state index in [0.717, 1.165) is 19.6 Å². The van der Waals surface area contributed by atoms with Gasteiger partial charge in [0.1, 0.15) is 0 Å². The van der Waals surface area contributed by atoms with Crippen molar-refractivity contribution in [3.63, 3.8) is 0 Å². The molecule has 3 heteroatoms. The molecule has 2 nitrogen and oxygen atoms in total. The van der Waals surface area contributed by atoms with Crippen molar-refractivity contribution in [3.05, 3.63) is 21.4 Å². The highest BCUT2D eigenvalue weighted by Gasteiger charge is 2.05. The van der Waals surface area contributed by atoms with Crippen LogP contribution in [0.15, 0.2) is 6.07 Å². The van der Waals surface area contributed by atoms with Gasteiger partial charge in [-0.2, -0.15) is 0 Å². The third-order valence-electron chi connectivity index (χ3n) is 2.11. The van der Waals surface area contributed by atoms with Crippen molar-refractivity contribution in [3.8, 4) is 0 Å². The summed E-state index contributed by atoms with van der Waals surface area (Å²) in [6, 6.07) is 2.32. The lowest BCUT2D eigenvalue weighted by atomic mass is 10.2. The first kappa shape index (κ1) is 11.7. The Bertz CT molecular complexity index is 279. The molecule has 0 radical (unpaired) electrons. The minimum absolute atomic E-state index is 1.01. The molecule has 0 atom stereocenters. The summed E-state index contributed by atoms with van der Waals surface area (Å²) >= 11 is 1.91. The standard InChI is InChI=1S/C11H20N2S/c1-5-12-7-11-6-10(8-13(3)4)9(2)14-11/h6,12H,5,7-8H2,1-4H3. The van der Waals surface area contributed by atoms with Crippen LogP contribution in [-0.2, 0) is 13.1 Å². The summed E-state index contributed by atoms with van der Waals surface area (Å²) < 4.78 is 0. The van der Waals surface area contributed by atoms with E-state index in [4.69, 9.17) is 0 Å². The molecule has 0 fully saturated rings. The zero-order valence-electron chi connectivity index (χ0n) is 9.55. The third-order valence-corrected chi connectivity index (χ3v) is 3.20. The van der Waals surface area contributed by atoms with Gasteiger partial charge in [-0.25, -0.2) is 0 Å². The number of nitrogens with zero attached hydrogens (tertiary/aromatic N) is 1. The van der Waals surface area contributed by atoms with Gasteiger partial charge in [0.05, 0.1) is 0 Å². The summed E-state index contributed by atoms with van der Waals surface area (Å²) in [6.07, 6.45) is 0. The second-order valence-corrected chi connectivity index (χ2v) is 5.15. The van der Waals surface area contributed by atoms with Crippen molar-refractivity contribution in [1.29, 1.82) is 0 Å². The van der Waals surface area contributed by atoms with Crippen LogP contribution in [0.25, 0.3) is 0 Å². The van der Waals surface area contributed by atoms with Crippen molar-refractivity contribution in [2.75, 3.05) is 20.6 Å². The fourth-order valence-electron chi connectivity index (χ4n) is 1.42. The van der Waals surface area contributed by atoms with Crippen LogP contribution in [0.2, 0.25) is 0 Å². The lowest BCUT2D eigenvalue weighted by Gasteiger charge is -2.07. The van der Waals surface area contributed by atoms with E-state index in [1.165, 1.54) is 15.3 Å². The first-order chi connectivity index (χ1) is 6.63. The summed E-state index contributed by atoms with van der Waals surface area (Å²) in [4.78, 5) is 5.11. The molecule has 0 amide bonds. The maximum Gasteiger partial charge on any atom is 0.0299 e. The van der Waals surface area contributed by atoms with E-state index in [0.29, 0.717) is 0 Å². The molecule has 80 valence electrons. The van der Waals surface area contributed by atoms with Crippen LogP contribution in [0.3, 0.4) is 0 Å². The van der Waals surface area contributed by atoms with Crippen LogP contribution in [-0.4, -0.2) is 25.5 Å². The SMILES string of the molecule is CCNCc1cc(CN(C)C)c(C)s1. The van der Waals surface area contributed by atoms with Gasteiger partial charge < -0.3 is 10.2 Å². The van der Waals surface area contributed by atoms with E-state index in [1.54, 1.807) is 0 Å². The molecule has 0 aliphatic rings. The van der Waals surface area contributed by atoms with Gasteiger partial charge in [-0.15, -0.1) is 11.3 Å². The minimum atomic E-state index is 1.01. The zero-order chi connectivity index (χ0) is 10.6. The molecule has 0 saturated carbocycles. The van der Waals surface area contributed by atoms with E-state index in [-0.39, 0.29) is 0 Å². The number of hydrogen-bond acceptors (Lipinski definition) is 3. The molecule has 0 aliphatic heterocycles. The Morgan fingerprint density at radius 2 is 2.14 bits per heavy atom. The molecule has 0 bridgehead atoms. The lowest BCUT2D eigenvalue weighted by molar-refractivity contribution is 0.402. The number of rotatable bonds is 5. The van der Waals surface area contributed by atoms with Gasteiger partial charge >= 0.3 is 0 Å². The number of thiophene rings is 1. The van der Waals surface area contributed by atoms with Gasteiger partial charge in [-0.05, 0) is 39.2 Å². The maximum absolute atomic E-state index is 3.36. The first-order valence-corrected chi connectivity index (χ1v) is 5.88. The molecule has 14 heavy (non-hydrogen) atoms. The van der Waals surface area contributed by atoms with Gasteiger partial charge in [-0.1, -0.05) is 6.92 Å². The molecule has 1 rings (SSSR count). The number of aryl methyl sites for hydroxylation is 1. The van der Waals surface area contributed by atoms with Gasteiger partial charge in [0.2, 0.25) is 0 Å². The average molecular weight is 212 g/mol. The van der Waals surface area contributed by atoms with Crippen molar-refractivity contribution in [1.82, 2.24) is 10.2 Å². The van der Waals surface area contributed by atoms with E-state index < -0.39 is 0 Å². The molecular weight excluding hydrogens is 192 g/mol. The molecule has 0 saturated heterocycles. The fourth-order valence-corrected chi connectivity index (χ4v) is 2.44. The summed E-state index contributed by atoms with van der Waals surface area (Å²) in [7, 11) is 4.22. The zero-order valence-corrected chi connectivity index (χ0v) is 10.4. The van der Waals surface area contributed by atoms with Gasteiger partial charge in [-0.3, -0.25) is 0 Å². The van der Waals surface area contributed by atoms with Crippen LogP contribution in [0, 0.1) is 6.92 Å². The summed E-state index contributed by atoms with van der Waals surface area (Å²) in [5, 5.41) is 3.36. The van der Waals surface area contributed by atoms with Crippen molar-refractivity contribution < 1.29 is 0 Å². The van der Waals surface area contributed by atoms with Crippen LogP contribution < -0.4 is 5.32 Å². The molecule has 0 aliphatic carbocycles. The van der Waals surface area contributed by atoms with E-state index in [9.17, 15) is 0 Å². The maximum atomic E-state index is 3.36. The summed E-state index contributed by atoms with van der Waals surface area (Å²) in [6.45, 7) is 7.45. The van der Waals surface area contributed by atoms with Crippen LogP contribution >= 0.6 is 11.3 Å². The normalized spacial score (nSPS) is 11.2. The highest BCUT2D eigenvalue weighted by atomic mass is 32.1. The monoisotopic (exact) mass is 212 g/mol. The molecule has 1 N–H and O–H groups in total. The van der Waals surface area contributed by atoms with Crippen molar-refractivity contribution >= 4 is 11.3 Å². The number of hydrogen-bond donors (Lipinski definition) is 1. The number of nitrogens with one attached hydrogen (secondary N) is 1. The lowest BCUT2D eigenvalue weighted by Crippen LogP contribution is -2.11. The first-order valence-electron chi connectivity index (χ1n) is 5.07. The third kappa shape index (κ3) is 3.40. The molecule has 0 unspecified atom stereocenters. The fraction of sp³-hybridized carbons (Fsp3) is 0.636. The molecule has 1 heterocycles. The Morgan fingerprint density at radius 3 is 2.71 bits per heavy atom. The molecule has 1 aromatic rings. The average Bonchev–Trinajstić information content (AvgIpc) is 2.43. The second kappa shape index (κ2) is 5.49. The smallest absolute Gasteiger partial charge is 0.0299 e. The Labute approximate surface area is 90.9 Å². The van der Waals surface area contributed by atoms with Crippen LogP contribution in [0.5, 0.6) is 0 Å². The second-order valence-electron chi connectivity index (χ2n) is 3.81. The predicted molar refractivity (Wildman–Crippen MR) is 63.8 cm³/mol. The van der Waals surface area contributed by atoms with Crippen LogP contribution in [0.1, 0.15) is 22.2 Å². The largest absolute Gasteiger partial charge is 0.312 e. The Morgan fingerprint density at radius 1 is 1.43 bits per heavy atom. The Hall–Kier alpha value is -0.380. The van der Waals surface area contributed by atoms with E-state index in [1.807, 2.05) is 11.3 Å². The highest BCUT2D eigenvalue weighted by molar-refractivity contribution is 7.12. The summed E-state index contributed by atoms with van der Waals surface area (Å²) in [5.74, 6) is 0. The van der Waals surface area contributed by atoms with E-state index >= 15 is 0 Å². The molecule has 0 spiro atoms. The minimum Gasteiger partial charge on any atom is -0.312 e. The summed E-state index contributed by atoms with van der Waals surface area (Å²) in [5.41, 5.74) is 1.47. The topological polar surface area (TPSA) is 15.3 Å². The van der Waals surface area contributed by atoms with Gasteiger partial charge in [0, 0.05) is 22.8 Å². The van der Waals surface area contributed by atoms with Gasteiger partial charge in [0.25, 0.3) is 0 Å². The van der Waals surface area contributed by atoms with Crippen molar-refractivity contribution in [2.45, 2.75) is 26.9 Å². The predicted octanol–water partition coefficient (Wildman–Crippen LogP) is 2.23. The molecule has 1 aromatic heterocycles. The highest BCUT2D eigenvalue weighted by Crippen LogP contribution is 2.22. The van der Waals surface area contributed by atoms with Crippen molar-refractivity contribution in [2.24, 2.45) is 0 Å². The van der Waals surface area contributed by atoms with E-state index in [2.05, 4.69) is 44.2 Å². The molecule has 0 aromatic carbocycles. The Kier molecular flexibility index (Phi) is 4.58. The molecular formula is C11H20N2S. The van der Waals surface area contributed by atoms with Gasteiger partial charge in [0.15, 0.2) is 0 Å². The quantitative estimate of drug-likeness (QED) is 0.805.